The van der Waals surface area contributed by atoms with Gasteiger partial charge in [-0.1, -0.05) is 0 Å². The molecule has 6 heteroatoms. The van der Waals surface area contributed by atoms with Crippen LogP contribution >= 0.6 is 0 Å². The third-order valence-corrected chi connectivity index (χ3v) is 2.48. The van der Waals surface area contributed by atoms with E-state index in [2.05, 4.69) is 6.03 Å². The van der Waals surface area contributed by atoms with E-state index in [1.165, 1.54) is 12.1 Å². The Labute approximate surface area is 109 Å². The first-order valence-electron chi connectivity index (χ1n) is 3.51. The fourth-order valence-electron chi connectivity index (χ4n) is 0.937. The van der Waals surface area contributed by atoms with Crippen LogP contribution in [-0.2, 0) is 6.03 Å². The van der Waals surface area contributed by atoms with Crippen molar-refractivity contribution in [3.63, 3.8) is 0 Å². The molecule has 0 aliphatic carbocycles. The fourth-order valence-corrected chi connectivity index (χ4v) is 1.50. The number of hydrogen-bond acceptors (Lipinski definition) is 4. The Morgan fingerprint density at radius 1 is 0.929 bits per heavy atom. The van der Waals surface area contributed by atoms with Gasteiger partial charge in [-0.05, 0) is 0 Å². The molecule has 0 aliphatic rings. The van der Waals surface area contributed by atoms with Crippen LogP contribution < -0.4 is 0 Å². The standard InChI is InChI=1S/C8H6O4.2Sb/c9-7(10)5-3-1-2-4-6(5)8(11)12;;/h1-4H,(H,9,10)(H,11,12);;/q;2*+1/p-2. The molecule has 0 spiro atoms. The van der Waals surface area contributed by atoms with Crippen LogP contribution in [0.5, 0.6) is 0 Å². The molecule has 0 fully saturated rings. The van der Waals surface area contributed by atoms with E-state index < -0.39 is 11.9 Å². The predicted octanol–water partition coefficient (Wildman–Crippen LogP) is 0.167. The van der Waals surface area contributed by atoms with E-state index in [9.17, 15) is 9.59 Å². The second kappa shape index (κ2) is 5.62. The van der Waals surface area contributed by atoms with Crippen LogP contribution in [0.15, 0.2) is 24.3 Å². The van der Waals surface area contributed by atoms with Crippen LogP contribution in [0.25, 0.3) is 0 Å². The minimum atomic E-state index is -0.522. The normalized spacial score (nSPS) is 9.29. The van der Waals surface area contributed by atoms with Crippen molar-refractivity contribution in [2.45, 2.75) is 0 Å². The SMILES string of the molecule is O=C([O][Sb])c1ccccc1C(=O)[O][Sb]. The quantitative estimate of drug-likeness (QED) is 0.656. The molecule has 1 aromatic rings. The van der Waals surface area contributed by atoms with Gasteiger partial charge in [0.05, 0.1) is 0 Å². The van der Waals surface area contributed by atoms with Crippen molar-refractivity contribution in [3.05, 3.63) is 35.4 Å². The van der Waals surface area contributed by atoms with Crippen molar-refractivity contribution in [1.82, 2.24) is 0 Å². The first-order chi connectivity index (χ1) is 6.70. The molecule has 0 bridgehead atoms. The molecule has 0 aliphatic heterocycles. The molecule has 0 amide bonds. The van der Waals surface area contributed by atoms with Crippen molar-refractivity contribution in [3.8, 4) is 0 Å². The van der Waals surface area contributed by atoms with E-state index in [0.29, 0.717) is 0 Å². The molecular formula is C8H4O4Sb2. The van der Waals surface area contributed by atoms with Crippen LogP contribution in [0.2, 0.25) is 0 Å². The summed E-state index contributed by atoms with van der Waals surface area (Å²) in [5, 5.41) is 0. The Morgan fingerprint density at radius 3 is 1.57 bits per heavy atom. The summed E-state index contributed by atoms with van der Waals surface area (Å²) >= 11 is 1.84. The van der Waals surface area contributed by atoms with Gasteiger partial charge in [0.1, 0.15) is 0 Å². The summed E-state index contributed by atoms with van der Waals surface area (Å²) in [5.41, 5.74) is 0.461. The van der Waals surface area contributed by atoms with Gasteiger partial charge in [-0.15, -0.1) is 0 Å². The average molecular weight is 408 g/mol. The van der Waals surface area contributed by atoms with Crippen LogP contribution in [0.4, 0.5) is 0 Å². The molecule has 0 N–H and O–H groups in total. The summed E-state index contributed by atoms with van der Waals surface area (Å²) in [6, 6.07) is 6.37. The van der Waals surface area contributed by atoms with Gasteiger partial charge in [-0.3, -0.25) is 0 Å². The van der Waals surface area contributed by atoms with E-state index in [0.717, 1.165) is 46.9 Å². The summed E-state index contributed by atoms with van der Waals surface area (Å²) in [7, 11) is 0. The molecule has 1 rings (SSSR count). The van der Waals surface area contributed by atoms with E-state index in [-0.39, 0.29) is 11.1 Å². The van der Waals surface area contributed by atoms with Gasteiger partial charge in [0.15, 0.2) is 0 Å². The number of carbonyl (C=O) groups is 2. The molecule has 0 aromatic heterocycles. The molecular weight excluding hydrogens is 404 g/mol. The Hall–Kier alpha value is -0.204. The second-order valence-electron chi connectivity index (χ2n) is 2.30. The van der Waals surface area contributed by atoms with Gasteiger partial charge in [0.25, 0.3) is 0 Å². The first kappa shape index (κ1) is 11.9. The molecule has 0 saturated heterocycles. The molecule has 0 heterocycles. The average Bonchev–Trinajstić information content (AvgIpc) is 2.27. The summed E-state index contributed by atoms with van der Waals surface area (Å²) in [6.07, 6.45) is 0. The van der Waals surface area contributed by atoms with E-state index in [4.69, 9.17) is 0 Å². The third-order valence-electron chi connectivity index (χ3n) is 1.53. The van der Waals surface area contributed by atoms with Gasteiger partial charge in [0, 0.05) is 0 Å². The molecule has 14 heavy (non-hydrogen) atoms. The van der Waals surface area contributed by atoms with Crippen LogP contribution in [0.3, 0.4) is 0 Å². The van der Waals surface area contributed by atoms with E-state index in [1.54, 1.807) is 12.1 Å². The van der Waals surface area contributed by atoms with Gasteiger partial charge in [-0.25, -0.2) is 0 Å². The molecule has 70 valence electrons. The molecule has 0 saturated carbocycles. The predicted molar refractivity (Wildman–Crippen MR) is 48.8 cm³/mol. The summed E-state index contributed by atoms with van der Waals surface area (Å²) in [4.78, 5) is 22.5. The van der Waals surface area contributed by atoms with Gasteiger partial charge in [0.2, 0.25) is 0 Å². The fraction of sp³-hybridized carbons (Fsp3) is 0. The monoisotopic (exact) mass is 406 g/mol. The summed E-state index contributed by atoms with van der Waals surface area (Å²) in [5.74, 6) is -1.04. The van der Waals surface area contributed by atoms with Crippen molar-refractivity contribution >= 4 is 58.8 Å². The topological polar surface area (TPSA) is 52.6 Å². The third kappa shape index (κ3) is 2.65. The minimum absolute atomic E-state index is 0.231. The zero-order valence-electron chi connectivity index (χ0n) is 6.84. The van der Waals surface area contributed by atoms with Crippen molar-refractivity contribution in [2.75, 3.05) is 0 Å². The Morgan fingerprint density at radius 2 is 1.29 bits per heavy atom. The molecule has 4 nitrogen and oxygen atoms in total. The van der Waals surface area contributed by atoms with Crippen LogP contribution in [0, 0.1) is 0 Å². The van der Waals surface area contributed by atoms with Crippen molar-refractivity contribution in [2.24, 2.45) is 0 Å². The summed E-state index contributed by atoms with van der Waals surface area (Å²) < 4.78 is 9.16. The van der Waals surface area contributed by atoms with Crippen molar-refractivity contribution < 1.29 is 15.6 Å². The number of hydrogen-bond donors (Lipinski definition) is 0. The molecule has 4 radical (unpaired) electrons. The Bertz CT molecular complexity index is 329. The van der Waals surface area contributed by atoms with E-state index in [1.807, 2.05) is 0 Å². The molecule has 0 unspecified atom stereocenters. The number of rotatable bonds is 2. The Kier molecular flexibility index (Phi) is 4.77. The molecule has 1 aromatic carbocycles. The maximum absolute atomic E-state index is 11.2. The number of carbonyl (C=O) groups excluding carboxylic acids is 2. The van der Waals surface area contributed by atoms with Gasteiger partial charge in [-0.2, -0.15) is 0 Å². The zero-order chi connectivity index (χ0) is 10.6. The molecule has 0 atom stereocenters. The van der Waals surface area contributed by atoms with Crippen molar-refractivity contribution in [1.29, 1.82) is 0 Å². The van der Waals surface area contributed by atoms with Gasteiger partial charge < -0.3 is 0 Å². The zero-order valence-corrected chi connectivity index (χ0v) is 11.9. The van der Waals surface area contributed by atoms with Gasteiger partial charge >= 0.3 is 110 Å². The maximum atomic E-state index is 11.2. The van der Waals surface area contributed by atoms with Crippen LogP contribution in [-0.4, -0.2) is 58.8 Å². The number of benzene rings is 1. The first-order valence-corrected chi connectivity index (χ1v) is 5.59. The van der Waals surface area contributed by atoms with E-state index >= 15 is 0 Å². The second-order valence-corrected chi connectivity index (χ2v) is 3.35. The summed E-state index contributed by atoms with van der Waals surface area (Å²) in [6.45, 7) is 0. The Balaban J connectivity index is 3.15. The van der Waals surface area contributed by atoms with Crippen LogP contribution in [0.1, 0.15) is 20.7 Å².